The third-order valence-electron chi connectivity index (χ3n) is 2.62. The van der Waals surface area contributed by atoms with E-state index in [1.165, 1.54) is 0 Å². The molecule has 2 N–H and O–H groups in total. The molecule has 2 aromatic rings. The molecule has 3 rings (SSSR count). The first-order valence-electron chi connectivity index (χ1n) is 5.17. The lowest BCUT2D eigenvalue weighted by Gasteiger charge is -2.10. The predicted molar refractivity (Wildman–Crippen MR) is 64.7 cm³/mol. The summed E-state index contributed by atoms with van der Waals surface area (Å²) >= 11 is 1.58. The Hall–Kier alpha value is -1.76. The lowest BCUT2D eigenvalue weighted by atomic mass is 10.1. The van der Waals surface area contributed by atoms with Gasteiger partial charge in [0.05, 0.1) is 23.4 Å². The van der Waals surface area contributed by atoms with Crippen LogP contribution in [0.3, 0.4) is 0 Å². The van der Waals surface area contributed by atoms with Crippen LogP contribution in [0.1, 0.15) is 16.4 Å². The Labute approximate surface area is 102 Å². The monoisotopic (exact) mass is 249 g/mol. The van der Waals surface area contributed by atoms with Crippen molar-refractivity contribution >= 4 is 23.5 Å². The third-order valence-corrected chi connectivity index (χ3v) is 3.91. The molecule has 0 fully saturated rings. The molecule has 0 aromatic carbocycles. The van der Waals surface area contributed by atoms with Crippen molar-refractivity contribution in [3.8, 4) is 0 Å². The van der Waals surface area contributed by atoms with E-state index >= 15 is 0 Å². The summed E-state index contributed by atoms with van der Waals surface area (Å²) in [5, 5.41) is 13.9. The molecule has 7 heteroatoms. The highest BCUT2D eigenvalue weighted by atomic mass is 32.2. The molecule has 0 bridgehead atoms. The molecule has 3 heterocycles. The molecule has 88 valence electrons. The van der Waals surface area contributed by atoms with Crippen molar-refractivity contribution in [3.05, 3.63) is 29.7 Å². The maximum atomic E-state index is 11.5. The molecule has 0 saturated heterocycles. The number of nitrogens with zero attached hydrogens (tertiary/aromatic N) is 3. The van der Waals surface area contributed by atoms with Gasteiger partial charge >= 0.3 is 0 Å². The van der Waals surface area contributed by atoms with Gasteiger partial charge in [0.2, 0.25) is 5.91 Å². The Bertz CT molecular complexity index is 561. The zero-order valence-corrected chi connectivity index (χ0v) is 9.99. The highest BCUT2D eigenvalue weighted by Crippen LogP contribution is 2.40. The van der Waals surface area contributed by atoms with Gasteiger partial charge in [0.1, 0.15) is 5.82 Å². The van der Waals surface area contributed by atoms with E-state index in [4.69, 9.17) is 0 Å². The van der Waals surface area contributed by atoms with Gasteiger partial charge in [-0.15, -0.1) is 11.8 Å². The van der Waals surface area contributed by atoms with Gasteiger partial charge in [-0.25, -0.2) is 0 Å². The molecular formula is C10H11N5OS. The van der Waals surface area contributed by atoms with Crippen LogP contribution in [0.4, 0.5) is 5.82 Å². The molecule has 0 radical (unpaired) electrons. The van der Waals surface area contributed by atoms with Gasteiger partial charge in [0.15, 0.2) is 0 Å². The first kappa shape index (κ1) is 10.4. The third kappa shape index (κ3) is 1.82. The lowest BCUT2D eigenvalue weighted by molar-refractivity contribution is -0.113. The zero-order chi connectivity index (χ0) is 11.8. The minimum Gasteiger partial charge on any atom is -0.310 e. The summed E-state index contributed by atoms with van der Waals surface area (Å²) in [6, 6.07) is 0. The smallest absolute Gasteiger partial charge is 0.235 e. The SMILES string of the molecule is Cn1cc([C@H]2SCC(=O)Nc3[nH]ncc32)cn1. The van der Waals surface area contributed by atoms with Crippen LogP contribution in [0.25, 0.3) is 0 Å². The highest BCUT2D eigenvalue weighted by Gasteiger charge is 2.26. The van der Waals surface area contributed by atoms with Crippen molar-refractivity contribution in [3.63, 3.8) is 0 Å². The molecule has 1 amide bonds. The molecular weight excluding hydrogens is 238 g/mol. The first-order chi connectivity index (χ1) is 8.24. The second-order valence-electron chi connectivity index (χ2n) is 3.89. The minimum absolute atomic E-state index is 0.00751. The maximum absolute atomic E-state index is 11.5. The van der Waals surface area contributed by atoms with Crippen molar-refractivity contribution in [2.45, 2.75) is 5.25 Å². The Morgan fingerprint density at radius 3 is 3.18 bits per heavy atom. The summed E-state index contributed by atoms with van der Waals surface area (Å²) in [4.78, 5) is 11.5. The summed E-state index contributed by atoms with van der Waals surface area (Å²) in [6.07, 6.45) is 5.54. The summed E-state index contributed by atoms with van der Waals surface area (Å²) in [5.74, 6) is 1.11. The standard InChI is InChI=1S/C10H11N5OS/c1-15-4-6(2-12-15)9-7-3-11-14-10(7)13-8(16)5-17-9/h2-4,9H,5H2,1H3,(H2,11,13,14,16)/t9-/m1/s1. The molecule has 1 atom stereocenters. The number of aryl methyl sites for hydroxylation is 1. The molecule has 0 spiro atoms. The fourth-order valence-corrected chi connectivity index (χ4v) is 2.93. The van der Waals surface area contributed by atoms with E-state index < -0.39 is 0 Å². The van der Waals surface area contributed by atoms with E-state index in [0.717, 1.165) is 11.1 Å². The number of carbonyl (C=O) groups is 1. The van der Waals surface area contributed by atoms with Crippen LogP contribution in [-0.4, -0.2) is 31.6 Å². The van der Waals surface area contributed by atoms with Crippen molar-refractivity contribution < 1.29 is 4.79 Å². The van der Waals surface area contributed by atoms with Crippen LogP contribution < -0.4 is 5.32 Å². The van der Waals surface area contributed by atoms with Gasteiger partial charge in [-0.3, -0.25) is 14.6 Å². The second-order valence-corrected chi connectivity index (χ2v) is 4.98. The number of rotatable bonds is 1. The number of hydrogen-bond acceptors (Lipinski definition) is 4. The number of carbonyl (C=O) groups excluding carboxylic acids is 1. The van der Waals surface area contributed by atoms with Crippen molar-refractivity contribution in [1.82, 2.24) is 20.0 Å². The fraction of sp³-hybridized carbons (Fsp3) is 0.300. The van der Waals surface area contributed by atoms with Crippen molar-refractivity contribution in [2.75, 3.05) is 11.1 Å². The van der Waals surface area contributed by atoms with E-state index in [9.17, 15) is 4.79 Å². The van der Waals surface area contributed by atoms with Crippen LogP contribution in [0.5, 0.6) is 0 Å². The van der Waals surface area contributed by atoms with Crippen LogP contribution in [0, 0.1) is 0 Å². The molecule has 6 nitrogen and oxygen atoms in total. The Morgan fingerprint density at radius 1 is 1.53 bits per heavy atom. The van der Waals surface area contributed by atoms with Gasteiger partial charge in [-0.05, 0) is 0 Å². The van der Waals surface area contributed by atoms with Gasteiger partial charge < -0.3 is 5.32 Å². The maximum Gasteiger partial charge on any atom is 0.235 e. The summed E-state index contributed by atoms with van der Waals surface area (Å²) in [6.45, 7) is 0. The predicted octanol–water partition coefficient (Wildman–Crippen LogP) is 0.918. The van der Waals surface area contributed by atoms with Gasteiger partial charge in [-0.2, -0.15) is 10.2 Å². The van der Waals surface area contributed by atoms with E-state index in [-0.39, 0.29) is 11.2 Å². The number of thioether (sulfide) groups is 1. The van der Waals surface area contributed by atoms with Gasteiger partial charge in [-0.1, -0.05) is 0 Å². The number of amides is 1. The summed E-state index contributed by atoms with van der Waals surface area (Å²) in [5.41, 5.74) is 2.07. The van der Waals surface area contributed by atoms with Crippen molar-refractivity contribution in [2.24, 2.45) is 7.05 Å². The normalized spacial score (nSPS) is 19.6. The van der Waals surface area contributed by atoms with E-state index in [2.05, 4.69) is 20.6 Å². The number of H-pyrrole nitrogens is 1. The van der Waals surface area contributed by atoms with Crippen molar-refractivity contribution in [1.29, 1.82) is 0 Å². The topological polar surface area (TPSA) is 75.6 Å². The number of aromatic nitrogens is 4. The number of aromatic amines is 1. The Kier molecular flexibility index (Phi) is 2.40. The number of anilines is 1. The lowest BCUT2D eigenvalue weighted by Crippen LogP contribution is -2.12. The summed E-state index contributed by atoms with van der Waals surface area (Å²) < 4.78 is 1.76. The van der Waals surface area contributed by atoms with E-state index in [1.54, 1.807) is 22.6 Å². The van der Waals surface area contributed by atoms with Crippen LogP contribution in [0.15, 0.2) is 18.6 Å². The average Bonchev–Trinajstić information content (AvgIpc) is 2.87. The zero-order valence-electron chi connectivity index (χ0n) is 9.17. The van der Waals surface area contributed by atoms with E-state index in [1.807, 2.05) is 19.4 Å². The van der Waals surface area contributed by atoms with Gasteiger partial charge in [0, 0.05) is 24.4 Å². The second kappa shape index (κ2) is 3.92. The summed E-state index contributed by atoms with van der Waals surface area (Å²) in [7, 11) is 1.88. The molecule has 17 heavy (non-hydrogen) atoms. The van der Waals surface area contributed by atoms with Crippen LogP contribution in [-0.2, 0) is 11.8 Å². The number of hydrogen-bond donors (Lipinski definition) is 2. The molecule has 0 aliphatic carbocycles. The molecule has 1 aliphatic rings. The fourth-order valence-electron chi connectivity index (χ4n) is 1.87. The molecule has 0 saturated carbocycles. The number of fused-ring (bicyclic) bond motifs is 1. The average molecular weight is 249 g/mol. The molecule has 0 unspecified atom stereocenters. The molecule has 1 aliphatic heterocycles. The minimum atomic E-state index is -0.00751. The van der Waals surface area contributed by atoms with Crippen LogP contribution in [0.2, 0.25) is 0 Å². The van der Waals surface area contributed by atoms with E-state index in [0.29, 0.717) is 11.6 Å². The highest BCUT2D eigenvalue weighted by molar-refractivity contribution is 8.00. The van der Waals surface area contributed by atoms with Crippen LogP contribution >= 0.6 is 11.8 Å². The Morgan fingerprint density at radius 2 is 2.41 bits per heavy atom. The largest absolute Gasteiger partial charge is 0.310 e. The molecule has 2 aromatic heterocycles. The number of nitrogens with one attached hydrogen (secondary N) is 2. The Balaban J connectivity index is 2.04. The first-order valence-corrected chi connectivity index (χ1v) is 6.22. The quantitative estimate of drug-likeness (QED) is 0.788. The van der Waals surface area contributed by atoms with Gasteiger partial charge in [0.25, 0.3) is 0 Å².